The number of rotatable bonds is 0. The molecule has 0 saturated carbocycles. The molecule has 1 radical (unpaired) electrons. The summed E-state index contributed by atoms with van der Waals surface area (Å²) in [4.78, 5) is 0. The van der Waals surface area contributed by atoms with Crippen LogP contribution in [0.5, 0.6) is 0 Å². The predicted octanol–water partition coefficient (Wildman–Crippen LogP) is -3.24. The molecule has 7 heteroatoms. The van der Waals surface area contributed by atoms with Crippen molar-refractivity contribution in [2.75, 3.05) is 0 Å². The molecule has 0 rings (SSSR count). The fraction of sp³-hybridized carbons (Fsp3) is 0. The average molecular weight is 325 g/mol. The summed E-state index contributed by atoms with van der Waals surface area (Å²) in [5.41, 5.74) is 0. The average Bonchev–Trinajstić information content (AvgIpc) is 0.811. The van der Waals surface area contributed by atoms with Gasteiger partial charge in [0, 0.05) is 73.5 Å². The fourth-order valence-electron chi connectivity index (χ4n) is 0. The van der Waals surface area contributed by atoms with Gasteiger partial charge in [-0.25, -0.2) is 0 Å². The van der Waals surface area contributed by atoms with E-state index in [1.807, 2.05) is 0 Å². The van der Waals surface area contributed by atoms with E-state index in [-0.39, 0.29) is 90.9 Å². The summed E-state index contributed by atoms with van der Waals surface area (Å²) in [6.45, 7) is 0. The summed E-state index contributed by atoms with van der Waals surface area (Å²) < 4.78 is 0. The first-order valence-corrected chi connectivity index (χ1v) is 0.775. The zero-order valence-electron chi connectivity index (χ0n) is 3.00. The molecule has 0 aliphatic heterocycles. The standard InChI is InChI=1S/Al.BH3O3.Nd.Y.3H/c;2-1(3)4;;;;;/h;2-4H;;;;;. The van der Waals surface area contributed by atoms with Gasteiger partial charge >= 0.3 is 7.32 Å². The molecule has 0 aliphatic rings. The molecule has 0 fully saturated rings. The smallest absolute Gasteiger partial charge is 0.402 e. The van der Waals surface area contributed by atoms with Crippen LogP contribution in [0.1, 0.15) is 0 Å². The molecule has 0 heterocycles. The van der Waals surface area contributed by atoms with Gasteiger partial charge in [0.2, 0.25) is 0 Å². The van der Waals surface area contributed by atoms with Crippen LogP contribution >= 0.6 is 0 Å². The third-order valence-corrected chi connectivity index (χ3v) is 0. The van der Waals surface area contributed by atoms with E-state index in [4.69, 9.17) is 15.1 Å². The van der Waals surface area contributed by atoms with E-state index in [0.29, 0.717) is 0 Å². The van der Waals surface area contributed by atoms with Crippen molar-refractivity contribution in [3.63, 3.8) is 0 Å². The van der Waals surface area contributed by atoms with Crippen LogP contribution in [-0.2, 0) is 32.7 Å². The van der Waals surface area contributed by atoms with Crippen LogP contribution in [0.25, 0.3) is 0 Å². The fourth-order valence-corrected chi connectivity index (χ4v) is 0. The van der Waals surface area contributed by atoms with Crippen molar-refractivity contribution in [2.45, 2.75) is 0 Å². The zero-order chi connectivity index (χ0) is 3.58. The molecular formula is H6AlBNdO3Y. The molecule has 3 nitrogen and oxygen atoms in total. The van der Waals surface area contributed by atoms with Crippen LogP contribution in [0, 0.1) is 40.8 Å². The van der Waals surface area contributed by atoms with E-state index in [1.54, 1.807) is 0 Å². The first-order valence-electron chi connectivity index (χ1n) is 0.775. The monoisotopic (exact) mass is 323 g/mol. The van der Waals surface area contributed by atoms with Crippen LogP contribution in [-0.4, -0.2) is 39.8 Å². The molecule has 0 spiro atoms. The first kappa shape index (κ1) is 22.5. The minimum atomic E-state index is -2.17. The third-order valence-electron chi connectivity index (χ3n) is 0. The Labute approximate surface area is 111 Å². The Morgan fingerprint density at radius 3 is 1.00 bits per heavy atom. The van der Waals surface area contributed by atoms with Gasteiger partial charge in [-0.3, -0.25) is 0 Å². The van der Waals surface area contributed by atoms with Gasteiger partial charge in [-0.15, -0.1) is 0 Å². The van der Waals surface area contributed by atoms with E-state index in [2.05, 4.69) is 0 Å². The number of hydrogen-bond donors (Lipinski definition) is 3. The summed E-state index contributed by atoms with van der Waals surface area (Å²) >= 11 is 0. The molecule has 0 bridgehead atoms. The summed E-state index contributed by atoms with van der Waals surface area (Å²) in [6.07, 6.45) is 0. The van der Waals surface area contributed by atoms with E-state index >= 15 is 0 Å². The van der Waals surface area contributed by atoms with Gasteiger partial charge in [-0.2, -0.15) is 0 Å². The SMILES string of the molecule is OB(O)O.[AlH3].[Nd].[Y]. The second-order valence-electron chi connectivity index (χ2n) is 0.346. The van der Waals surface area contributed by atoms with Crippen molar-refractivity contribution in [1.29, 1.82) is 0 Å². The molecule has 0 saturated heterocycles. The van der Waals surface area contributed by atoms with Crippen LogP contribution in [0.4, 0.5) is 0 Å². The Balaban J connectivity index is -0.0000000150. The zero-order valence-corrected chi connectivity index (χ0v) is 9.04. The normalized spacial score (nSPS) is 3.86. The van der Waals surface area contributed by atoms with Crippen LogP contribution in [0.15, 0.2) is 0 Å². The minimum absolute atomic E-state index is 0. The van der Waals surface area contributed by atoms with Crippen LogP contribution in [0.3, 0.4) is 0 Å². The quantitative estimate of drug-likeness (QED) is 0.411. The molecule has 0 aliphatic carbocycles. The van der Waals surface area contributed by atoms with Crippen molar-refractivity contribution < 1.29 is 88.6 Å². The summed E-state index contributed by atoms with van der Waals surface area (Å²) in [6, 6.07) is 0. The van der Waals surface area contributed by atoms with Crippen molar-refractivity contribution in [3.05, 3.63) is 0 Å². The topological polar surface area (TPSA) is 60.7 Å². The third kappa shape index (κ3) is 49.9. The first-order chi connectivity index (χ1) is 1.73. The Morgan fingerprint density at radius 2 is 1.00 bits per heavy atom. The van der Waals surface area contributed by atoms with Crippen molar-refractivity contribution in [1.82, 2.24) is 0 Å². The van der Waals surface area contributed by atoms with Gasteiger partial charge in [0.25, 0.3) is 0 Å². The minimum Gasteiger partial charge on any atom is -0.402 e. The molecule has 3 N–H and O–H groups in total. The maximum atomic E-state index is 7.17. The van der Waals surface area contributed by atoms with Gasteiger partial charge < -0.3 is 15.1 Å². The van der Waals surface area contributed by atoms with E-state index < -0.39 is 7.32 Å². The van der Waals surface area contributed by atoms with E-state index in [0.717, 1.165) is 0 Å². The molecule has 0 aromatic rings. The molecule has 7 heavy (non-hydrogen) atoms. The van der Waals surface area contributed by atoms with Crippen molar-refractivity contribution in [3.8, 4) is 0 Å². The van der Waals surface area contributed by atoms with Crippen molar-refractivity contribution >= 4 is 24.7 Å². The van der Waals surface area contributed by atoms with Gasteiger partial charge in [0.05, 0.1) is 0 Å². The number of hydrogen-bond acceptors (Lipinski definition) is 3. The summed E-state index contributed by atoms with van der Waals surface area (Å²) in [5, 5.41) is 21.5. The van der Waals surface area contributed by atoms with Gasteiger partial charge in [-0.1, -0.05) is 0 Å². The molecule has 0 aromatic carbocycles. The molecule has 0 unspecified atom stereocenters. The molecule has 37 valence electrons. The van der Waals surface area contributed by atoms with Crippen LogP contribution in [0.2, 0.25) is 0 Å². The second-order valence-corrected chi connectivity index (χ2v) is 0.346. The Bertz CT molecular complexity index is 19.7. The Morgan fingerprint density at radius 1 is 1.00 bits per heavy atom. The van der Waals surface area contributed by atoms with Crippen LogP contribution < -0.4 is 0 Å². The molecule has 0 atom stereocenters. The maximum Gasteiger partial charge on any atom is 0.631 e. The molecule has 0 amide bonds. The van der Waals surface area contributed by atoms with Crippen molar-refractivity contribution in [2.24, 2.45) is 0 Å². The summed E-state index contributed by atoms with van der Waals surface area (Å²) in [7, 11) is -2.17. The maximum absolute atomic E-state index is 7.17. The van der Waals surface area contributed by atoms with E-state index in [9.17, 15) is 0 Å². The predicted molar refractivity (Wildman–Crippen MR) is 22.3 cm³/mol. The molecule has 0 aromatic heterocycles. The Kier molecular flexibility index (Phi) is 51.4. The Hall–Kier alpha value is 2.93. The largest absolute Gasteiger partial charge is 0.631 e. The van der Waals surface area contributed by atoms with Gasteiger partial charge in [0.15, 0.2) is 17.4 Å². The molecular weight excluding hydrogens is 319 g/mol. The van der Waals surface area contributed by atoms with Gasteiger partial charge in [-0.05, 0) is 0 Å². The summed E-state index contributed by atoms with van der Waals surface area (Å²) in [5.74, 6) is 0. The van der Waals surface area contributed by atoms with Gasteiger partial charge in [0.1, 0.15) is 0 Å². The van der Waals surface area contributed by atoms with E-state index in [1.165, 1.54) is 0 Å². The second kappa shape index (κ2) is 16.0.